The zero-order valence-electron chi connectivity index (χ0n) is 5.99. The van der Waals surface area contributed by atoms with Gasteiger partial charge in [-0.25, -0.2) is 0 Å². The maximum Gasteiger partial charge on any atom is 2.00 e. The van der Waals surface area contributed by atoms with Gasteiger partial charge < -0.3 is 15.9 Å². The molecule has 0 heterocycles. The number of rotatable bonds is 4. The van der Waals surface area contributed by atoms with E-state index in [0.717, 1.165) is 0 Å². The minimum Gasteiger partial charge on any atom is -0.481 e. The predicted molar refractivity (Wildman–Crippen MR) is 38.2 cm³/mol. The van der Waals surface area contributed by atoms with Crippen LogP contribution in [0.25, 0.3) is 0 Å². The average Bonchev–Trinajstić information content (AvgIpc) is 1.82. The number of carboxylic acid groups (broad SMARTS) is 2. The summed E-state index contributed by atoms with van der Waals surface area (Å²) >= 11 is 0. The third-order valence-electron chi connectivity index (χ3n) is 0.986. The SMILES string of the molecule is NC(CCC(=O)O)C(=O)O.[Ca+2]. The van der Waals surface area contributed by atoms with Crippen LogP contribution >= 0.6 is 0 Å². The molecule has 0 rings (SSSR count). The van der Waals surface area contributed by atoms with Crippen LogP contribution in [0.2, 0.25) is 0 Å². The molecule has 0 fully saturated rings. The van der Waals surface area contributed by atoms with E-state index in [1.165, 1.54) is 0 Å². The van der Waals surface area contributed by atoms with Gasteiger partial charge in [0.25, 0.3) is 0 Å². The number of hydrogen-bond acceptors (Lipinski definition) is 3. The van der Waals surface area contributed by atoms with Crippen molar-refractivity contribution in [2.24, 2.45) is 5.73 Å². The van der Waals surface area contributed by atoms with Crippen molar-refractivity contribution in [1.29, 1.82) is 0 Å². The number of aliphatic carboxylic acids is 2. The van der Waals surface area contributed by atoms with E-state index in [4.69, 9.17) is 15.9 Å². The van der Waals surface area contributed by atoms with Gasteiger partial charge in [0, 0.05) is 6.42 Å². The fourth-order valence-corrected chi connectivity index (χ4v) is 0.402. The van der Waals surface area contributed by atoms with E-state index in [9.17, 15) is 9.59 Å². The van der Waals surface area contributed by atoms with Crippen molar-refractivity contribution in [3.05, 3.63) is 0 Å². The van der Waals surface area contributed by atoms with E-state index in [2.05, 4.69) is 0 Å². The summed E-state index contributed by atoms with van der Waals surface area (Å²) in [5, 5.41) is 16.3. The number of nitrogens with two attached hydrogens (primary N) is 1. The molecule has 0 aromatic heterocycles. The van der Waals surface area contributed by atoms with Crippen LogP contribution in [0.5, 0.6) is 0 Å². The molecular weight excluding hydrogens is 178 g/mol. The first kappa shape index (κ1) is 13.7. The van der Waals surface area contributed by atoms with E-state index in [1.807, 2.05) is 0 Å². The maximum atomic E-state index is 9.99. The van der Waals surface area contributed by atoms with Gasteiger partial charge in [-0.05, 0) is 6.42 Å². The first-order chi connectivity index (χ1) is 4.54. The molecule has 0 saturated carbocycles. The third kappa shape index (κ3) is 8.06. The molecule has 0 amide bonds. The predicted octanol–water partition coefficient (Wildman–Crippen LogP) is -1.12. The first-order valence-corrected chi connectivity index (χ1v) is 2.74. The summed E-state index contributed by atoms with van der Waals surface area (Å²) in [4.78, 5) is 19.9. The van der Waals surface area contributed by atoms with Crippen molar-refractivity contribution in [3.63, 3.8) is 0 Å². The van der Waals surface area contributed by atoms with Gasteiger partial charge in [0.2, 0.25) is 0 Å². The van der Waals surface area contributed by atoms with Gasteiger partial charge in [0.15, 0.2) is 0 Å². The molecule has 0 spiro atoms. The second-order valence-electron chi connectivity index (χ2n) is 1.88. The Kier molecular flexibility index (Phi) is 8.54. The molecule has 6 heteroatoms. The number of carboxylic acids is 2. The van der Waals surface area contributed by atoms with Crippen molar-refractivity contribution in [2.45, 2.75) is 18.9 Å². The van der Waals surface area contributed by atoms with Crippen molar-refractivity contribution >= 4 is 49.7 Å². The molecule has 0 aromatic rings. The van der Waals surface area contributed by atoms with E-state index >= 15 is 0 Å². The summed E-state index contributed by atoms with van der Waals surface area (Å²) in [6.45, 7) is 0. The van der Waals surface area contributed by atoms with Crippen LogP contribution in [0.15, 0.2) is 0 Å². The summed E-state index contributed by atoms with van der Waals surface area (Å²) < 4.78 is 0. The standard InChI is InChI=1S/C5H9NO4.Ca/c6-3(5(9)10)1-2-4(7)8;/h3H,1-2,6H2,(H,7,8)(H,9,10);/q;+2. The Morgan fingerprint density at radius 2 is 1.82 bits per heavy atom. The maximum absolute atomic E-state index is 9.99. The quantitative estimate of drug-likeness (QED) is 0.484. The molecule has 0 aliphatic rings. The monoisotopic (exact) mass is 187 g/mol. The molecule has 0 radical (unpaired) electrons. The van der Waals surface area contributed by atoms with Crippen LogP contribution in [-0.2, 0) is 9.59 Å². The van der Waals surface area contributed by atoms with Crippen LogP contribution < -0.4 is 5.73 Å². The molecule has 5 nitrogen and oxygen atoms in total. The Bertz CT molecular complexity index is 149. The average molecular weight is 187 g/mol. The van der Waals surface area contributed by atoms with Crippen LogP contribution in [0.3, 0.4) is 0 Å². The van der Waals surface area contributed by atoms with E-state index in [-0.39, 0.29) is 50.6 Å². The summed E-state index contributed by atoms with van der Waals surface area (Å²) in [7, 11) is 0. The summed E-state index contributed by atoms with van der Waals surface area (Å²) in [5.41, 5.74) is 5.00. The molecule has 0 bridgehead atoms. The smallest absolute Gasteiger partial charge is 0.481 e. The molecule has 11 heavy (non-hydrogen) atoms. The second-order valence-corrected chi connectivity index (χ2v) is 1.88. The molecule has 0 aromatic carbocycles. The largest absolute Gasteiger partial charge is 2.00 e. The summed E-state index contributed by atoms with van der Waals surface area (Å²) in [6.07, 6.45) is -0.224. The fraction of sp³-hybridized carbons (Fsp3) is 0.600. The van der Waals surface area contributed by atoms with Crippen LogP contribution in [0.1, 0.15) is 12.8 Å². The molecule has 58 valence electrons. The second kappa shape index (κ2) is 6.84. The Hall–Kier alpha value is 0.160. The topological polar surface area (TPSA) is 101 Å². The van der Waals surface area contributed by atoms with E-state index in [0.29, 0.717) is 0 Å². The van der Waals surface area contributed by atoms with Crippen molar-refractivity contribution in [2.75, 3.05) is 0 Å². The minimum absolute atomic E-state index is 0. The van der Waals surface area contributed by atoms with Crippen LogP contribution in [0.4, 0.5) is 0 Å². The zero-order valence-corrected chi connectivity index (χ0v) is 8.20. The fourth-order valence-electron chi connectivity index (χ4n) is 0.402. The van der Waals surface area contributed by atoms with Gasteiger partial charge in [0.1, 0.15) is 6.04 Å². The molecule has 1 unspecified atom stereocenters. The van der Waals surface area contributed by atoms with Gasteiger partial charge in [-0.15, -0.1) is 0 Å². The van der Waals surface area contributed by atoms with E-state index in [1.54, 1.807) is 0 Å². The minimum atomic E-state index is -1.17. The van der Waals surface area contributed by atoms with Crippen molar-refractivity contribution in [3.8, 4) is 0 Å². The first-order valence-electron chi connectivity index (χ1n) is 2.74. The molecular formula is C5H9CaNO4+2. The third-order valence-corrected chi connectivity index (χ3v) is 0.986. The number of carbonyl (C=O) groups is 2. The van der Waals surface area contributed by atoms with Gasteiger partial charge in [-0.3, -0.25) is 9.59 Å². The Morgan fingerprint density at radius 1 is 1.36 bits per heavy atom. The molecule has 0 saturated heterocycles. The van der Waals surface area contributed by atoms with Crippen molar-refractivity contribution < 1.29 is 19.8 Å². The van der Waals surface area contributed by atoms with E-state index < -0.39 is 18.0 Å². The number of hydrogen-bond donors (Lipinski definition) is 3. The molecule has 4 N–H and O–H groups in total. The van der Waals surface area contributed by atoms with Crippen LogP contribution in [0, 0.1) is 0 Å². The molecule has 0 aliphatic carbocycles. The molecule has 1 atom stereocenters. The Morgan fingerprint density at radius 3 is 2.09 bits per heavy atom. The van der Waals surface area contributed by atoms with Gasteiger partial charge in [-0.1, -0.05) is 0 Å². The van der Waals surface area contributed by atoms with Gasteiger partial charge in [0.05, 0.1) is 0 Å². The van der Waals surface area contributed by atoms with Crippen LogP contribution in [-0.4, -0.2) is 65.9 Å². The normalized spacial score (nSPS) is 11.4. The van der Waals surface area contributed by atoms with Gasteiger partial charge >= 0.3 is 49.7 Å². The van der Waals surface area contributed by atoms with Crippen molar-refractivity contribution in [1.82, 2.24) is 0 Å². The summed E-state index contributed by atoms with van der Waals surface area (Å²) in [5.74, 6) is -2.20. The molecule has 0 aliphatic heterocycles. The summed E-state index contributed by atoms with van der Waals surface area (Å²) in [6, 6.07) is -1.06. The van der Waals surface area contributed by atoms with Gasteiger partial charge in [-0.2, -0.15) is 0 Å². The Labute approximate surface area is 93.6 Å². The Balaban J connectivity index is 0. The zero-order chi connectivity index (χ0) is 8.15.